The second-order valence-corrected chi connectivity index (χ2v) is 5.47. The van der Waals surface area contributed by atoms with Gasteiger partial charge in [0.2, 0.25) is 0 Å². The molecule has 110 valence electrons. The number of carbonyl (C=O) groups excluding carboxylic acids is 1. The van der Waals surface area contributed by atoms with Crippen molar-refractivity contribution in [2.75, 3.05) is 11.4 Å². The molecule has 0 fully saturated rings. The number of aryl methyl sites for hydroxylation is 2. The third kappa shape index (κ3) is 3.37. The van der Waals surface area contributed by atoms with Gasteiger partial charge in [-0.1, -0.05) is 17.7 Å². The summed E-state index contributed by atoms with van der Waals surface area (Å²) >= 11 is 6.03. The molecule has 4 heteroatoms. The molecule has 0 unspecified atom stereocenters. The fourth-order valence-corrected chi connectivity index (χ4v) is 2.62. The zero-order chi connectivity index (χ0) is 15.6. The number of rotatable bonds is 3. The molecule has 0 aliphatic heterocycles. The van der Waals surface area contributed by atoms with Crippen molar-refractivity contribution in [3.63, 3.8) is 0 Å². The van der Waals surface area contributed by atoms with Crippen molar-refractivity contribution in [3.8, 4) is 5.75 Å². The molecular formula is C17H18ClNO2. The van der Waals surface area contributed by atoms with Crippen LogP contribution in [0.4, 0.5) is 5.69 Å². The number of amides is 1. The van der Waals surface area contributed by atoms with E-state index in [-0.39, 0.29) is 11.7 Å². The lowest BCUT2D eigenvalue weighted by atomic mass is 10.1. The van der Waals surface area contributed by atoms with Gasteiger partial charge in [0, 0.05) is 23.2 Å². The zero-order valence-corrected chi connectivity index (χ0v) is 13.1. The van der Waals surface area contributed by atoms with Gasteiger partial charge < -0.3 is 10.0 Å². The summed E-state index contributed by atoms with van der Waals surface area (Å²) in [6, 6.07) is 10.3. The molecule has 0 heterocycles. The monoisotopic (exact) mass is 303 g/mol. The molecule has 21 heavy (non-hydrogen) atoms. The van der Waals surface area contributed by atoms with Crippen molar-refractivity contribution in [2.45, 2.75) is 20.8 Å². The predicted molar refractivity (Wildman–Crippen MR) is 86.4 cm³/mol. The largest absolute Gasteiger partial charge is 0.508 e. The lowest BCUT2D eigenvalue weighted by molar-refractivity contribution is 0.0988. The van der Waals surface area contributed by atoms with E-state index in [1.807, 2.05) is 32.9 Å². The van der Waals surface area contributed by atoms with E-state index >= 15 is 0 Å². The fraction of sp³-hybridized carbons (Fsp3) is 0.235. The van der Waals surface area contributed by atoms with Crippen LogP contribution in [0.5, 0.6) is 5.75 Å². The van der Waals surface area contributed by atoms with Crippen LogP contribution in [0.15, 0.2) is 36.4 Å². The van der Waals surface area contributed by atoms with Crippen LogP contribution in [0.3, 0.4) is 0 Å². The second-order valence-electron chi connectivity index (χ2n) is 5.04. The first-order valence-corrected chi connectivity index (χ1v) is 7.19. The third-order valence-corrected chi connectivity index (χ3v) is 3.55. The lowest BCUT2D eigenvalue weighted by Gasteiger charge is -2.23. The SMILES string of the molecule is CCN(C(=O)c1cc(C)cc(Cl)c1)c1cc(O)ccc1C. The van der Waals surface area contributed by atoms with Crippen LogP contribution in [0.1, 0.15) is 28.4 Å². The average Bonchev–Trinajstić information content (AvgIpc) is 2.42. The number of anilines is 1. The zero-order valence-electron chi connectivity index (χ0n) is 12.4. The molecule has 1 amide bonds. The van der Waals surface area contributed by atoms with E-state index in [2.05, 4.69) is 0 Å². The summed E-state index contributed by atoms with van der Waals surface area (Å²) < 4.78 is 0. The molecule has 3 nitrogen and oxygen atoms in total. The molecule has 2 aromatic rings. The molecule has 2 rings (SSSR count). The topological polar surface area (TPSA) is 40.5 Å². The van der Waals surface area contributed by atoms with Gasteiger partial charge >= 0.3 is 0 Å². The van der Waals surface area contributed by atoms with Crippen molar-refractivity contribution < 1.29 is 9.90 Å². The summed E-state index contributed by atoms with van der Waals surface area (Å²) in [6.07, 6.45) is 0. The highest BCUT2D eigenvalue weighted by molar-refractivity contribution is 6.31. The van der Waals surface area contributed by atoms with Gasteiger partial charge in [-0.3, -0.25) is 4.79 Å². The first kappa shape index (κ1) is 15.4. The molecule has 0 spiro atoms. The van der Waals surface area contributed by atoms with Crippen LogP contribution in [0.25, 0.3) is 0 Å². The predicted octanol–water partition coefficient (Wildman–Crippen LogP) is 4.33. The highest BCUT2D eigenvalue weighted by Gasteiger charge is 2.18. The molecule has 0 radical (unpaired) electrons. The van der Waals surface area contributed by atoms with Crippen molar-refractivity contribution in [3.05, 3.63) is 58.1 Å². The molecular weight excluding hydrogens is 286 g/mol. The number of nitrogens with zero attached hydrogens (tertiary/aromatic N) is 1. The van der Waals surface area contributed by atoms with Crippen LogP contribution in [-0.2, 0) is 0 Å². The summed E-state index contributed by atoms with van der Waals surface area (Å²) in [5.74, 6) is 0.0147. The van der Waals surface area contributed by atoms with Gasteiger partial charge in [-0.25, -0.2) is 0 Å². The molecule has 0 saturated carbocycles. The summed E-state index contributed by atoms with van der Waals surface area (Å²) in [5.41, 5.74) is 3.13. The number of halogens is 1. The quantitative estimate of drug-likeness (QED) is 0.917. The maximum absolute atomic E-state index is 12.7. The molecule has 0 saturated heterocycles. The molecule has 0 bridgehead atoms. The van der Waals surface area contributed by atoms with E-state index in [4.69, 9.17) is 11.6 Å². The molecule has 0 aliphatic rings. The number of aromatic hydroxyl groups is 1. The minimum absolute atomic E-state index is 0.128. The average molecular weight is 304 g/mol. The highest BCUT2D eigenvalue weighted by atomic mass is 35.5. The Hall–Kier alpha value is -2.00. The van der Waals surface area contributed by atoms with Crippen molar-refractivity contribution in [1.82, 2.24) is 0 Å². The van der Waals surface area contributed by atoms with E-state index in [0.717, 1.165) is 11.1 Å². The standard InChI is InChI=1S/C17H18ClNO2/c1-4-19(16-10-15(20)6-5-12(16)3)17(21)13-7-11(2)8-14(18)9-13/h5-10,20H,4H2,1-3H3. The summed E-state index contributed by atoms with van der Waals surface area (Å²) in [7, 11) is 0. The number of benzene rings is 2. The van der Waals surface area contributed by atoms with Crippen molar-refractivity contribution >= 4 is 23.2 Å². The maximum atomic E-state index is 12.7. The van der Waals surface area contributed by atoms with E-state index in [1.165, 1.54) is 0 Å². The summed E-state index contributed by atoms with van der Waals surface area (Å²) in [6.45, 7) is 6.22. The van der Waals surface area contributed by atoms with Gasteiger partial charge in [-0.2, -0.15) is 0 Å². The number of hydrogen-bond donors (Lipinski definition) is 1. The number of carbonyl (C=O) groups is 1. The third-order valence-electron chi connectivity index (χ3n) is 3.33. The van der Waals surface area contributed by atoms with Gasteiger partial charge in [0.15, 0.2) is 0 Å². The first-order chi connectivity index (χ1) is 9.92. The number of phenolic OH excluding ortho intramolecular Hbond substituents is 1. The summed E-state index contributed by atoms with van der Waals surface area (Å²) in [4.78, 5) is 14.4. The lowest BCUT2D eigenvalue weighted by Crippen LogP contribution is -2.31. The minimum Gasteiger partial charge on any atom is -0.508 e. The minimum atomic E-state index is -0.128. The van der Waals surface area contributed by atoms with Gasteiger partial charge in [-0.05, 0) is 56.2 Å². The smallest absolute Gasteiger partial charge is 0.258 e. The Labute approximate surface area is 129 Å². The molecule has 0 atom stereocenters. The van der Waals surface area contributed by atoms with Crippen LogP contribution in [0.2, 0.25) is 5.02 Å². The second kappa shape index (κ2) is 6.19. The van der Waals surface area contributed by atoms with Gasteiger partial charge in [0.25, 0.3) is 5.91 Å². The Morgan fingerprint density at radius 3 is 2.52 bits per heavy atom. The summed E-state index contributed by atoms with van der Waals surface area (Å²) in [5, 5.41) is 10.2. The Morgan fingerprint density at radius 1 is 1.19 bits per heavy atom. The van der Waals surface area contributed by atoms with E-state index in [1.54, 1.807) is 29.2 Å². The Bertz CT molecular complexity index is 662. The van der Waals surface area contributed by atoms with E-state index < -0.39 is 0 Å². The molecule has 0 aliphatic carbocycles. The Kier molecular flexibility index (Phi) is 4.53. The van der Waals surface area contributed by atoms with Crippen LogP contribution < -0.4 is 4.90 Å². The first-order valence-electron chi connectivity index (χ1n) is 6.81. The molecule has 0 aromatic heterocycles. The Balaban J connectivity index is 2.45. The normalized spacial score (nSPS) is 10.5. The Morgan fingerprint density at radius 2 is 1.90 bits per heavy atom. The van der Waals surface area contributed by atoms with Gasteiger partial charge in [0.05, 0.1) is 5.69 Å². The van der Waals surface area contributed by atoms with E-state index in [0.29, 0.717) is 22.8 Å². The number of hydrogen-bond acceptors (Lipinski definition) is 2. The van der Waals surface area contributed by atoms with Crippen LogP contribution in [0, 0.1) is 13.8 Å². The molecule has 1 N–H and O–H groups in total. The number of phenols is 1. The van der Waals surface area contributed by atoms with Crippen LogP contribution in [-0.4, -0.2) is 17.6 Å². The van der Waals surface area contributed by atoms with E-state index in [9.17, 15) is 9.90 Å². The fourth-order valence-electron chi connectivity index (χ4n) is 2.33. The van der Waals surface area contributed by atoms with Gasteiger partial charge in [-0.15, -0.1) is 0 Å². The molecule has 2 aromatic carbocycles. The van der Waals surface area contributed by atoms with Gasteiger partial charge in [0.1, 0.15) is 5.75 Å². The van der Waals surface area contributed by atoms with Crippen molar-refractivity contribution in [1.29, 1.82) is 0 Å². The van der Waals surface area contributed by atoms with Crippen LogP contribution >= 0.6 is 11.6 Å². The highest BCUT2D eigenvalue weighted by Crippen LogP contribution is 2.27. The maximum Gasteiger partial charge on any atom is 0.258 e. The van der Waals surface area contributed by atoms with Crippen molar-refractivity contribution in [2.24, 2.45) is 0 Å².